The number of fused-ring (bicyclic) bond motifs is 1. The van der Waals surface area contributed by atoms with Crippen LogP contribution in [0.15, 0.2) is 42.7 Å². The van der Waals surface area contributed by atoms with Crippen molar-refractivity contribution in [3.8, 4) is 11.5 Å². The van der Waals surface area contributed by atoms with Crippen molar-refractivity contribution in [2.24, 2.45) is 5.73 Å². The van der Waals surface area contributed by atoms with Crippen LogP contribution >= 0.6 is 11.8 Å². The SMILES string of the molecule is COc1cc2ncnc(C3SC(N)N(c4ccc(N5CCN(C)CC5)cc4)C3=N)c2cc1OC. The summed E-state index contributed by atoms with van der Waals surface area (Å²) in [7, 11) is 5.35. The van der Waals surface area contributed by atoms with Gasteiger partial charge in [0.15, 0.2) is 11.5 Å². The molecule has 2 saturated heterocycles. The lowest BCUT2D eigenvalue weighted by Crippen LogP contribution is -2.44. The summed E-state index contributed by atoms with van der Waals surface area (Å²) < 4.78 is 10.9. The van der Waals surface area contributed by atoms with Crippen molar-refractivity contribution < 1.29 is 9.47 Å². The van der Waals surface area contributed by atoms with Crippen LogP contribution in [0, 0.1) is 5.41 Å². The van der Waals surface area contributed by atoms with Gasteiger partial charge in [0.05, 0.1) is 25.4 Å². The summed E-state index contributed by atoms with van der Waals surface area (Å²) in [6, 6.07) is 12.0. The highest BCUT2D eigenvalue weighted by Crippen LogP contribution is 2.45. The normalized spacial score (nSPS) is 21.4. The molecule has 2 fully saturated rings. The number of ether oxygens (including phenoxy) is 2. The van der Waals surface area contributed by atoms with Crippen molar-refractivity contribution >= 4 is 39.9 Å². The Hall–Kier alpha value is -3.08. The molecule has 0 bridgehead atoms. The number of piperazine rings is 1. The zero-order chi connectivity index (χ0) is 23.8. The summed E-state index contributed by atoms with van der Waals surface area (Å²) in [5.74, 6) is 1.61. The number of nitrogens with two attached hydrogens (primary N) is 1. The third-order valence-electron chi connectivity index (χ3n) is 6.45. The molecule has 178 valence electrons. The van der Waals surface area contributed by atoms with E-state index in [-0.39, 0.29) is 5.25 Å². The maximum Gasteiger partial charge on any atom is 0.162 e. The highest BCUT2D eigenvalue weighted by molar-refractivity contribution is 8.01. The minimum Gasteiger partial charge on any atom is -0.493 e. The first-order chi connectivity index (χ1) is 16.5. The number of nitrogens with zero attached hydrogens (tertiary/aromatic N) is 5. The Labute approximate surface area is 203 Å². The molecule has 10 heteroatoms. The average molecular weight is 480 g/mol. The van der Waals surface area contributed by atoms with Gasteiger partial charge in [-0.05, 0) is 37.4 Å². The maximum absolute atomic E-state index is 8.99. The molecule has 3 heterocycles. The van der Waals surface area contributed by atoms with Crippen molar-refractivity contribution in [1.29, 1.82) is 5.41 Å². The number of anilines is 2. The van der Waals surface area contributed by atoms with Crippen LogP contribution in [0.4, 0.5) is 11.4 Å². The fraction of sp³-hybridized carbons (Fsp3) is 0.375. The second kappa shape index (κ2) is 9.28. The second-order valence-electron chi connectivity index (χ2n) is 8.45. The number of aromatic nitrogens is 2. The zero-order valence-corrected chi connectivity index (χ0v) is 20.4. The van der Waals surface area contributed by atoms with E-state index in [4.69, 9.17) is 20.6 Å². The van der Waals surface area contributed by atoms with E-state index in [0.717, 1.165) is 48.5 Å². The van der Waals surface area contributed by atoms with Gasteiger partial charge >= 0.3 is 0 Å². The minimum atomic E-state index is -0.392. The van der Waals surface area contributed by atoms with Crippen molar-refractivity contribution in [2.75, 3.05) is 57.2 Å². The Morgan fingerprint density at radius 1 is 0.971 bits per heavy atom. The Morgan fingerprint density at radius 3 is 2.29 bits per heavy atom. The van der Waals surface area contributed by atoms with Crippen molar-refractivity contribution in [1.82, 2.24) is 14.9 Å². The second-order valence-corrected chi connectivity index (χ2v) is 9.68. The van der Waals surface area contributed by atoms with Gasteiger partial charge in [-0.1, -0.05) is 0 Å². The molecule has 2 atom stereocenters. The Morgan fingerprint density at radius 2 is 1.62 bits per heavy atom. The van der Waals surface area contributed by atoms with Crippen LogP contribution in [0.5, 0.6) is 11.5 Å². The van der Waals surface area contributed by atoms with E-state index < -0.39 is 5.50 Å². The van der Waals surface area contributed by atoms with E-state index >= 15 is 0 Å². The van der Waals surface area contributed by atoms with Crippen LogP contribution in [0.2, 0.25) is 0 Å². The number of nitrogens with one attached hydrogen (secondary N) is 1. The Balaban J connectivity index is 1.43. The number of hydrogen-bond donors (Lipinski definition) is 2. The Kier molecular flexibility index (Phi) is 6.20. The van der Waals surface area contributed by atoms with E-state index in [1.165, 1.54) is 23.8 Å². The molecule has 2 aliphatic rings. The first kappa shape index (κ1) is 22.7. The fourth-order valence-electron chi connectivity index (χ4n) is 4.51. The molecular weight excluding hydrogens is 450 g/mol. The summed E-state index contributed by atoms with van der Waals surface area (Å²) in [5.41, 5.74) is 9.71. The van der Waals surface area contributed by atoms with E-state index in [1.807, 2.05) is 17.0 Å². The highest BCUT2D eigenvalue weighted by atomic mass is 32.2. The number of amidine groups is 1. The topological polar surface area (TPSA) is 104 Å². The fourth-order valence-corrected chi connectivity index (χ4v) is 5.70. The molecule has 0 radical (unpaired) electrons. The molecule has 0 amide bonds. The summed E-state index contributed by atoms with van der Waals surface area (Å²) >= 11 is 1.50. The van der Waals surface area contributed by atoms with E-state index in [2.05, 4.69) is 51.1 Å². The van der Waals surface area contributed by atoms with Gasteiger partial charge in [0.25, 0.3) is 0 Å². The van der Waals surface area contributed by atoms with Crippen molar-refractivity contribution in [3.63, 3.8) is 0 Å². The molecule has 2 aromatic carbocycles. The lowest BCUT2D eigenvalue weighted by molar-refractivity contribution is 0.313. The standard InChI is InChI=1S/C24H29N7O2S/c1-29-8-10-30(11-9-29)15-4-6-16(7-5-15)31-23(25)22(34-24(31)26)21-17-12-19(32-2)20(33-3)13-18(17)27-14-28-21/h4-7,12-14,22,24-25H,8-11,26H2,1-3H3. The van der Waals surface area contributed by atoms with Gasteiger partial charge < -0.3 is 29.9 Å². The van der Waals surface area contributed by atoms with E-state index in [9.17, 15) is 0 Å². The van der Waals surface area contributed by atoms with Crippen LogP contribution in [-0.2, 0) is 0 Å². The number of hydrogen-bond acceptors (Lipinski definition) is 9. The average Bonchev–Trinajstić information content (AvgIpc) is 3.16. The largest absolute Gasteiger partial charge is 0.493 e. The first-order valence-electron chi connectivity index (χ1n) is 11.2. The smallest absolute Gasteiger partial charge is 0.162 e. The van der Waals surface area contributed by atoms with Gasteiger partial charge in [-0.3, -0.25) is 5.41 Å². The zero-order valence-electron chi connectivity index (χ0n) is 19.6. The van der Waals surface area contributed by atoms with E-state index in [0.29, 0.717) is 17.3 Å². The number of thioether (sulfide) groups is 1. The van der Waals surface area contributed by atoms with Crippen LogP contribution < -0.4 is 25.0 Å². The van der Waals surface area contributed by atoms with E-state index in [1.54, 1.807) is 14.2 Å². The predicted octanol–water partition coefficient (Wildman–Crippen LogP) is 2.91. The lowest BCUT2D eigenvalue weighted by atomic mass is 10.1. The summed E-state index contributed by atoms with van der Waals surface area (Å²) in [4.78, 5) is 15.6. The van der Waals surface area contributed by atoms with Gasteiger partial charge in [0, 0.05) is 49.0 Å². The lowest BCUT2D eigenvalue weighted by Gasteiger charge is -2.34. The minimum absolute atomic E-state index is 0.323. The third-order valence-corrected chi connectivity index (χ3v) is 7.66. The van der Waals surface area contributed by atoms with Crippen molar-refractivity contribution in [2.45, 2.75) is 10.7 Å². The van der Waals surface area contributed by atoms with Gasteiger partial charge in [0.2, 0.25) is 0 Å². The number of rotatable bonds is 5. The summed E-state index contributed by atoms with van der Waals surface area (Å²) in [6.45, 7) is 4.15. The van der Waals surface area contributed by atoms with Gasteiger partial charge in [-0.15, -0.1) is 11.8 Å². The third kappa shape index (κ3) is 4.02. The number of likely N-dealkylation sites (N-methyl/N-ethyl adjacent to an activating group) is 1. The van der Waals surface area contributed by atoms with Gasteiger partial charge in [-0.25, -0.2) is 9.97 Å². The molecule has 2 unspecified atom stereocenters. The summed E-state index contributed by atoms with van der Waals surface area (Å²) in [6.07, 6.45) is 1.52. The summed E-state index contributed by atoms with van der Waals surface area (Å²) in [5, 5.41) is 9.48. The highest BCUT2D eigenvalue weighted by Gasteiger charge is 2.39. The quantitative estimate of drug-likeness (QED) is 0.572. The molecule has 0 spiro atoms. The molecule has 0 saturated carbocycles. The van der Waals surface area contributed by atoms with Crippen LogP contribution in [0.25, 0.3) is 10.9 Å². The molecule has 2 aliphatic heterocycles. The van der Waals surface area contributed by atoms with Crippen molar-refractivity contribution in [3.05, 3.63) is 48.4 Å². The number of methoxy groups -OCH3 is 2. The van der Waals surface area contributed by atoms with Crippen LogP contribution in [0.1, 0.15) is 10.9 Å². The Bertz CT molecular complexity index is 1200. The number of benzene rings is 2. The molecule has 3 aromatic rings. The molecule has 3 N–H and O–H groups in total. The van der Waals surface area contributed by atoms with Crippen LogP contribution in [0.3, 0.4) is 0 Å². The van der Waals surface area contributed by atoms with Gasteiger partial charge in [0.1, 0.15) is 22.9 Å². The molecule has 5 rings (SSSR count). The molecular formula is C24H29N7O2S. The van der Waals surface area contributed by atoms with Crippen LogP contribution in [-0.4, -0.2) is 73.6 Å². The molecule has 34 heavy (non-hydrogen) atoms. The molecule has 9 nitrogen and oxygen atoms in total. The van der Waals surface area contributed by atoms with Gasteiger partial charge in [-0.2, -0.15) is 0 Å². The predicted molar refractivity (Wildman–Crippen MR) is 137 cm³/mol. The molecule has 0 aliphatic carbocycles. The monoisotopic (exact) mass is 479 g/mol. The molecule has 1 aromatic heterocycles. The maximum atomic E-state index is 8.99. The first-order valence-corrected chi connectivity index (χ1v) is 12.1.